The third-order valence-corrected chi connectivity index (χ3v) is 2.83. The van der Waals surface area contributed by atoms with Gasteiger partial charge >= 0.3 is 5.97 Å². The minimum Gasteiger partial charge on any atom is -0.492 e. The van der Waals surface area contributed by atoms with Crippen molar-refractivity contribution in [1.82, 2.24) is 0 Å². The second-order valence-corrected chi connectivity index (χ2v) is 4.50. The fraction of sp³-hybridized carbons (Fsp3) is 0.417. The Morgan fingerprint density at radius 3 is 2.88 bits per heavy atom. The van der Waals surface area contributed by atoms with Gasteiger partial charge in [0.15, 0.2) is 0 Å². The molecule has 0 spiro atoms. The van der Waals surface area contributed by atoms with E-state index < -0.39 is 5.97 Å². The Balaban J connectivity index is 2.04. The highest BCUT2D eigenvalue weighted by Gasteiger charge is 2.22. The van der Waals surface area contributed by atoms with Gasteiger partial charge < -0.3 is 9.84 Å². The van der Waals surface area contributed by atoms with Gasteiger partial charge in [0.25, 0.3) is 0 Å². The number of carboxylic acid groups (broad SMARTS) is 1. The minimum absolute atomic E-state index is 0.00302. The minimum atomic E-state index is -0.851. The number of benzene rings is 1. The highest BCUT2D eigenvalue weighted by Crippen LogP contribution is 2.32. The van der Waals surface area contributed by atoms with Crippen molar-refractivity contribution < 1.29 is 14.6 Å². The van der Waals surface area contributed by atoms with E-state index in [9.17, 15) is 4.79 Å². The molecule has 86 valence electrons. The van der Waals surface area contributed by atoms with Gasteiger partial charge in [-0.05, 0) is 36.5 Å². The number of rotatable bonds is 5. The number of ether oxygens (including phenoxy) is 1. The standard InChI is InChI=1S/C12H13ClO3/c13-10-4-3-9(6-12(14)15)5-11(10)16-7-8-1-2-8/h3-5,8H,1-2,6-7H2,(H,14,15). The molecule has 1 aromatic rings. The Kier molecular flexibility index (Phi) is 3.34. The van der Waals surface area contributed by atoms with Crippen LogP contribution < -0.4 is 4.74 Å². The summed E-state index contributed by atoms with van der Waals surface area (Å²) in [7, 11) is 0. The first-order valence-electron chi connectivity index (χ1n) is 5.28. The van der Waals surface area contributed by atoms with Crippen molar-refractivity contribution in [2.45, 2.75) is 19.3 Å². The Labute approximate surface area is 99.0 Å². The molecule has 1 saturated carbocycles. The summed E-state index contributed by atoms with van der Waals surface area (Å²) in [6.07, 6.45) is 2.43. The van der Waals surface area contributed by atoms with Crippen LogP contribution in [0.25, 0.3) is 0 Å². The van der Waals surface area contributed by atoms with E-state index in [0.29, 0.717) is 28.9 Å². The van der Waals surface area contributed by atoms with Gasteiger partial charge in [-0.2, -0.15) is 0 Å². The predicted molar refractivity (Wildman–Crippen MR) is 61.0 cm³/mol. The van der Waals surface area contributed by atoms with Crippen LogP contribution in [-0.2, 0) is 11.2 Å². The maximum atomic E-state index is 10.6. The van der Waals surface area contributed by atoms with Crippen molar-refractivity contribution in [2.24, 2.45) is 5.92 Å². The number of halogens is 1. The Bertz CT molecular complexity index is 399. The topological polar surface area (TPSA) is 46.5 Å². The largest absolute Gasteiger partial charge is 0.492 e. The molecule has 1 aromatic carbocycles. The van der Waals surface area contributed by atoms with E-state index in [1.807, 2.05) is 0 Å². The van der Waals surface area contributed by atoms with Crippen LogP contribution in [0.3, 0.4) is 0 Å². The molecule has 0 radical (unpaired) electrons. The van der Waals surface area contributed by atoms with Crippen molar-refractivity contribution in [3.63, 3.8) is 0 Å². The number of hydrogen-bond acceptors (Lipinski definition) is 2. The van der Waals surface area contributed by atoms with Crippen LogP contribution in [0.2, 0.25) is 5.02 Å². The number of aliphatic carboxylic acids is 1. The second-order valence-electron chi connectivity index (χ2n) is 4.09. The molecule has 0 saturated heterocycles. The molecule has 0 amide bonds. The first kappa shape index (κ1) is 11.3. The smallest absolute Gasteiger partial charge is 0.307 e. The summed E-state index contributed by atoms with van der Waals surface area (Å²) in [5.74, 6) is 0.391. The van der Waals surface area contributed by atoms with Crippen LogP contribution >= 0.6 is 11.6 Å². The van der Waals surface area contributed by atoms with E-state index in [-0.39, 0.29) is 6.42 Å². The summed E-state index contributed by atoms with van der Waals surface area (Å²) in [6, 6.07) is 5.10. The Morgan fingerprint density at radius 1 is 1.50 bits per heavy atom. The first-order chi connectivity index (χ1) is 7.65. The summed E-state index contributed by atoms with van der Waals surface area (Å²) >= 11 is 5.96. The van der Waals surface area contributed by atoms with E-state index in [1.165, 1.54) is 12.8 Å². The monoisotopic (exact) mass is 240 g/mol. The predicted octanol–water partition coefficient (Wildman–Crippen LogP) is 2.76. The third kappa shape index (κ3) is 3.14. The summed E-state index contributed by atoms with van der Waals surface area (Å²) in [5.41, 5.74) is 0.711. The van der Waals surface area contributed by atoms with E-state index in [0.717, 1.165) is 0 Å². The Hall–Kier alpha value is -1.22. The molecule has 16 heavy (non-hydrogen) atoms. The number of hydrogen-bond donors (Lipinski definition) is 1. The molecule has 0 aromatic heterocycles. The molecule has 0 aliphatic heterocycles. The van der Waals surface area contributed by atoms with Gasteiger partial charge in [0.05, 0.1) is 18.1 Å². The zero-order valence-corrected chi connectivity index (χ0v) is 9.54. The maximum Gasteiger partial charge on any atom is 0.307 e. The molecule has 0 heterocycles. The van der Waals surface area contributed by atoms with Gasteiger partial charge in [0, 0.05) is 0 Å². The summed E-state index contributed by atoms with van der Waals surface area (Å²) < 4.78 is 5.56. The molecule has 1 aliphatic rings. The van der Waals surface area contributed by atoms with E-state index >= 15 is 0 Å². The Morgan fingerprint density at radius 2 is 2.25 bits per heavy atom. The molecule has 1 N–H and O–H groups in total. The van der Waals surface area contributed by atoms with E-state index in [2.05, 4.69) is 0 Å². The van der Waals surface area contributed by atoms with Crippen molar-refractivity contribution in [3.05, 3.63) is 28.8 Å². The van der Waals surface area contributed by atoms with Gasteiger partial charge in [0.1, 0.15) is 5.75 Å². The lowest BCUT2D eigenvalue weighted by atomic mass is 10.1. The molecule has 0 bridgehead atoms. The molecule has 0 unspecified atom stereocenters. The van der Waals surface area contributed by atoms with Gasteiger partial charge in [-0.25, -0.2) is 0 Å². The highest BCUT2D eigenvalue weighted by molar-refractivity contribution is 6.32. The van der Waals surface area contributed by atoms with Crippen LogP contribution in [0.5, 0.6) is 5.75 Å². The van der Waals surface area contributed by atoms with Crippen LogP contribution in [-0.4, -0.2) is 17.7 Å². The van der Waals surface area contributed by atoms with Crippen LogP contribution in [0.1, 0.15) is 18.4 Å². The van der Waals surface area contributed by atoms with Gasteiger partial charge in [-0.1, -0.05) is 17.7 Å². The average molecular weight is 241 g/mol. The normalized spacial score (nSPS) is 14.8. The summed E-state index contributed by atoms with van der Waals surface area (Å²) in [5, 5.41) is 9.22. The lowest BCUT2D eigenvalue weighted by Crippen LogP contribution is -2.03. The number of carboxylic acids is 1. The van der Waals surface area contributed by atoms with Crippen LogP contribution in [0, 0.1) is 5.92 Å². The van der Waals surface area contributed by atoms with Crippen LogP contribution in [0.15, 0.2) is 18.2 Å². The lowest BCUT2D eigenvalue weighted by Gasteiger charge is -2.08. The SMILES string of the molecule is O=C(O)Cc1ccc(Cl)c(OCC2CC2)c1. The number of carbonyl (C=O) groups is 1. The zero-order valence-electron chi connectivity index (χ0n) is 8.78. The molecule has 3 nitrogen and oxygen atoms in total. The highest BCUT2D eigenvalue weighted by atomic mass is 35.5. The fourth-order valence-corrected chi connectivity index (χ4v) is 1.61. The third-order valence-electron chi connectivity index (χ3n) is 2.52. The van der Waals surface area contributed by atoms with Gasteiger partial charge in [0.2, 0.25) is 0 Å². The quantitative estimate of drug-likeness (QED) is 0.861. The molecule has 0 atom stereocenters. The fourth-order valence-electron chi connectivity index (χ4n) is 1.44. The van der Waals surface area contributed by atoms with Gasteiger partial charge in [-0.15, -0.1) is 0 Å². The first-order valence-corrected chi connectivity index (χ1v) is 5.66. The molecular weight excluding hydrogens is 228 g/mol. The van der Waals surface area contributed by atoms with Crippen molar-refractivity contribution in [3.8, 4) is 5.75 Å². The molecule has 1 fully saturated rings. The van der Waals surface area contributed by atoms with Crippen molar-refractivity contribution >= 4 is 17.6 Å². The van der Waals surface area contributed by atoms with Gasteiger partial charge in [-0.3, -0.25) is 4.79 Å². The second kappa shape index (κ2) is 4.74. The molecule has 4 heteroatoms. The van der Waals surface area contributed by atoms with Crippen LogP contribution in [0.4, 0.5) is 0 Å². The summed E-state index contributed by atoms with van der Waals surface area (Å²) in [4.78, 5) is 10.6. The molecular formula is C12H13ClO3. The summed E-state index contributed by atoms with van der Waals surface area (Å²) in [6.45, 7) is 0.677. The van der Waals surface area contributed by atoms with E-state index in [1.54, 1.807) is 18.2 Å². The average Bonchev–Trinajstić information content (AvgIpc) is 3.02. The van der Waals surface area contributed by atoms with Crippen molar-refractivity contribution in [1.29, 1.82) is 0 Å². The van der Waals surface area contributed by atoms with E-state index in [4.69, 9.17) is 21.4 Å². The molecule has 1 aliphatic carbocycles. The van der Waals surface area contributed by atoms with Crippen molar-refractivity contribution in [2.75, 3.05) is 6.61 Å². The lowest BCUT2D eigenvalue weighted by molar-refractivity contribution is -0.136. The zero-order chi connectivity index (χ0) is 11.5. The maximum absolute atomic E-state index is 10.6. The molecule has 2 rings (SSSR count).